The summed E-state index contributed by atoms with van der Waals surface area (Å²) in [6, 6.07) is 15.3. The van der Waals surface area contributed by atoms with Crippen molar-refractivity contribution in [3.8, 4) is 0 Å². The van der Waals surface area contributed by atoms with Crippen LogP contribution in [0.25, 0.3) is 22.1 Å². The number of amides is 1. The predicted octanol–water partition coefficient (Wildman–Crippen LogP) is 5.81. The van der Waals surface area contributed by atoms with Crippen LogP contribution >= 0.6 is 11.8 Å². The maximum atomic E-state index is 13.4. The molecule has 7 nitrogen and oxygen atoms in total. The summed E-state index contributed by atoms with van der Waals surface area (Å²) in [5.74, 6) is 0.714. The van der Waals surface area contributed by atoms with Crippen molar-refractivity contribution in [3.05, 3.63) is 59.9 Å². The first-order valence-corrected chi connectivity index (χ1v) is 15.1. The van der Waals surface area contributed by atoms with Crippen LogP contribution in [0.2, 0.25) is 0 Å². The van der Waals surface area contributed by atoms with Crippen LogP contribution in [0.3, 0.4) is 0 Å². The van der Waals surface area contributed by atoms with Crippen LogP contribution in [-0.2, 0) is 11.3 Å². The molecule has 1 amide bonds. The Bertz CT molecular complexity index is 1390. The molecular formula is C30H37FN6OS. The monoisotopic (exact) mass is 548 g/mol. The van der Waals surface area contributed by atoms with Crippen LogP contribution in [0.1, 0.15) is 57.4 Å². The molecule has 4 aromatic rings. The van der Waals surface area contributed by atoms with Gasteiger partial charge in [0, 0.05) is 43.2 Å². The molecule has 5 rings (SSSR count). The fraction of sp³-hybridized carbons (Fsp3) is 0.467. The highest BCUT2D eigenvalue weighted by atomic mass is 32.2. The standard InChI is InChI=1S/C30H37FN6OS/c1-22-9-4-6-18-36(22)19-8-17-32-27(38)12-5-7-20-39-30-33-29-28(34-35-30)25-10-2-3-11-26(25)37(29)21-23-13-15-24(31)16-14-23/h2-3,10-11,13-16,22H,4-9,12,17-21H2,1H3,(H,32,38). The third-order valence-electron chi connectivity index (χ3n) is 7.52. The normalized spacial score (nSPS) is 16.2. The van der Waals surface area contributed by atoms with Crippen LogP contribution in [0.15, 0.2) is 53.7 Å². The average Bonchev–Trinajstić information content (AvgIpc) is 3.26. The first-order valence-electron chi connectivity index (χ1n) is 14.1. The summed E-state index contributed by atoms with van der Waals surface area (Å²) in [7, 11) is 0. The van der Waals surface area contributed by atoms with E-state index in [2.05, 4.69) is 31.9 Å². The van der Waals surface area contributed by atoms with Crippen molar-refractivity contribution in [1.29, 1.82) is 0 Å². The third kappa shape index (κ3) is 7.13. The number of fused-ring (bicyclic) bond motifs is 3. The Balaban J connectivity index is 1.10. The zero-order chi connectivity index (χ0) is 27.0. The summed E-state index contributed by atoms with van der Waals surface area (Å²) in [5, 5.41) is 13.6. The molecule has 0 spiro atoms. The number of likely N-dealkylation sites (tertiary alicyclic amines) is 1. The Labute approximate surface area is 233 Å². The molecule has 0 saturated carbocycles. The average molecular weight is 549 g/mol. The molecule has 0 bridgehead atoms. The topological polar surface area (TPSA) is 75.9 Å². The van der Waals surface area contributed by atoms with E-state index in [1.54, 1.807) is 23.9 Å². The van der Waals surface area contributed by atoms with Gasteiger partial charge in [-0.2, -0.15) is 0 Å². The Kier molecular flexibility index (Phi) is 9.42. The number of nitrogens with zero attached hydrogens (tertiary/aromatic N) is 5. The highest BCUT2D eigenvalue weighted by Gasteiger charge is 2.17. The van der Waals surface area contributed by atoms with Gasteiger partial charge in [-0.15, -0.1) is 10.2 Å². The van der Waals surface area contributed by atoms with E-state index in [9.17, 15) is 9.18 Å². The van der Waals surface area contributed by atoms with Gasteiger partial charge < -0.3 is 14.8 Å². The van der Waals surface area contributed by atoms with E-state index in [0.717, 1.165) is 65.7 Å². The minimum absolute atomic E-state index is 0.135. The van der Waals surface area contributed by atoms with Crippen molar-refractivity contribution in [2.45, 2.75) is 69.6 Å². The Hall–Kier alpha value is -3.04. The van der Waals surface area contributed by atoms with Gasteiger partial charge in [0.15, 0.2) is 5.65 Å². The number of rotatable bonds is 12. The van der Waals surface area contributed by atoms with E-state index in [-0.39, 0.29) is 11.7 Å². The fourth-order valence-corrected chi connectivity index (χ4v) is 6.10. The highest BCUT2D eigenvalue weighted by Crippen LogP contribution is 2.28. The number of nitrogens with one attached hydrogen (secondary N) is 1. The van der Waals surface area contributed by atoms with Gasteiger partial charge in [0.2, 0.25) is 11.1 Å². The summed E-state index contributed by atoms with van der Waals surface area (Å²) in [4.78, 5) is 19.6. The van der Waals surface area contributed by atoms with Crippen molar-refractivity contribution >= 4 is 39.7 Å². The molecule has 3 heterocycles. The number of hydrogen-bond donors (Lipinski definition) is 1. The number of aromatic nitrogens is 4. The zero-order valence-electron chi connectivity index (χ0n) is 22.6. The number of hydrogen-bond acceptors (Lipinski definition) is 6. The molecule has 1 saturated heterocycles. The number of benzene rings is 2. The summed E-state index contributed by atoms with van der Waals surface area (Å²) in [6.45, 7) is 5.89. The molecule has 39 heavy (non-hydrogen) atoms. The number of carbonyl (C=O) groups is 1. The predicted molar refractivity (Wildman–Crippen MR) is 155 cm³/mol. The van der Waals surface area contributed by atoms with Crippen LogP contribution in [0.5, 0.6) is 0 Å². The van der Waals surface area contributed by atoms with Crippen LogP contribution in [0, 0.1) is 5.82 Å². The molecule has 1 aliphatic heterocycles. The van der Waals surface area contributed by atoms with Gasteiger partial charge in [0.25, 0.3) is 0 Å². The third-order valence-corrected chi connectivity index (χ3v) is 8.45. The minimum atomic E-state index is -0.247. The van der Waals surface area contributed by atoms with Crippen molar-refractivity contribution in [1.82, 2.24) is 30.0 Å². The van der Waals surface area contributed by atoms with Crippen molar-refractivity contribution in [2.24, 2.45) is 0 Å². The highest BCUT2D eigenvalue weighted by molar-refractivity contribution is 7.99. The van der Waals surface area contributed by atoms with Crippen LogP contribution < -0.4 is 5.32 Å². The van der Waals surface area contributed by atoms with Crippen molar-refractivity contribution in [2.75, 3.05) is 25.4 Å². The molecule has 2 aromatic heterocycles. The lowest BCUT2D eigenvalue weighted by Crippen LogP contribution is -2.39. The Morgan fingerprint density at radius 3 is 2.77 bits per heavy atom. The van der Waals surface area contributed by atoms with Gasteiger partial charge in [0.05, 0.1) is 5.52 Å². The van der Waals surface area contributed by atoms with Gasteiger partial charge in [-0.3, -0.25) is 4.79 Å². The number of halogens is 1. The fourth-order valence-electron chi connectivity index (χ4n) is 5.32. The summed E-state index contributed by atoms with van der Waals surface area (Å²) < 4.78 is 15.5. The molecule has 1 atom stereocenters. The van der Waals surface area contributed by atoms with Crippen LogP contribution in [0.4, 0.5) is 4.39 Å². The first-order chi connectivity index (χ1) is 19.1. The van der Waals surface area contributed by atoms with Crippen molar-refractivity contribution < 1.29 is 9.18 Å². The number of carbonyl (C=O) groups excluding carboxylic acids is 1. The van der Waals surface area contributed by atoms with Gasteiger partial charge in [-0.25, -0.2) is 9.37 Å². The SMILES string of the molecule is CC1CCCCN1CCCNC(=O)CCCCSc1nnc2c3ccccc3n(Cc3ccc(F)cc3)c2n1. The maximum Gasteiger partial charge on any atom is 0.219 e. The Morgan fingerprint density at radius 1 is 1.08 bits per heavy atom. The summed E-state index contributed by atoms with van der Waals surface area (Å²) in [5.41, 5.74) is 3.56. The van der Waals surface area contributed by atoms with Gasteiger partial charge >= 0.3 is 0 Å². The molecule has 1 aliphatic rings. The summed E-state index contributed by atoms with van der Waals surface area (Å²) in [6.07, 6.45) is 7.22. The van der Waals surface area contributed by atoms with E-state index in [1.165, 1.54) is 37.9 Å². The number of thioether (sulfide) groups is 1. The first kappa shape index (κ1) is 27.5. The molecule has 1 N–H and O–H groups in total. The molecule has 0 aliphatic carbocycles. The summed E-state index contributed by atoms with van der Waals surface area (Å²) >= 11 is 1.57. The second-order valence-corrected chi connectivity index (χ2v) is 11.4. The largest absolute Gasteiger partial charge is 0.356 e. The molecule has 206 valence electrons. The van der Waals surface area contributed by atoms with Gasteiger partial charge in [-0.1, -0.05) is 48.5 Å². The lowest BCUT2D eigenvalue weighted by molar-refractivity contribution is -0.121. The zero-order valence-corrected chi connectivity index (χ0v) is 23.4. The minimum Gasteiger partial charge on any atom is -0.356 e. The smallest absolute Gasteiger partial charge is 0.219 e. The molecule has 9 heteroatoms. The second kappa shape index (κ2) is 13.3. The maximum absolute atomic E-state index is 13.4. The molecular weight excluding hydrogens is 511 g/mol. The molecule has 0 radical (unpaired) electrons. The molecule has 1 unspecified atom stereocenters. The second-order valence-electron chi connectivity index (χ2n) is 10.4. The lowest BCUT2D eigenvalue weighted by atomic mass is 10.0. The Morgan fingerprint density at radius 2 is 1.92 bits per heavy atom. The molecule has 1 fully saturated rings. The van der Waals surface area contributed by atoms with Crippen molar-refractivity contribution in [3.63, 3.8) is 0 Å². The van der Waals surface area contributed by atoms with E-state index >= 15 is 0 Å². The van der Waals surface area contributed by atoms with E-state index in [0.29, 0.717) is 24.2 Å². The van der Waals surface area contributed by atoms with Gasteiger partial charge in [0.1, 0.15) is 11.3 Å². The van der Waals surface area contributed by atoms with Crippen LogP contribution in [-0.4, -0.2) is 62.0 Å². The number of piperidine rings is 1. The van der Waals surface area contributed by atoms with Gasteiger partial charge in [-0.05, 0) is 69.3 Å². The lowest BCUT2D eigenvalue weighted by Gasteiger charge is -2.33. The number of unbranched alkanes of at least 4 members (excludes halogenated alkanes) is 1. The number of para-hydroxylation sites is 1. The molecule has 2 aromatic carbocycles. The quantitative estimate of drug-likeness (QED) is 0.178. The van der Waals surface area contributed by atoms with E-state index in [4.69, 9.17) is 4.98 Å². The van der Waals surface area contributed by atoms with E-state index < -0.39 is 0 Å². The van der Waals surface area contributed by atoms with E-state index in [1.807, 2.05) is 24.3 Å².